The second-order valence-electron chi connectivity index (χ2n) is 8.07. The molecule has 1 aliphatic rings. The van der Waals surface area contributed by atoms with Crippen molar-refractivity contribution < 1.29 is 27.4 Å². The fourth-order valence-electron chi connectivity index (χ4n) is 3.71. The lowest BCUT2D eigenvalue weighted by Gasteiger charge is -2.22. The summed E-state index contributed by atoms with van der Waals surface area (Å²) in [6.07, 6.45) is 2.25. The summed E-state index contributed by atoms with van der Waals surface area (Å²) >= 11 is 1.42. The number of thiazole rings is 1. The van der Waals surface area contributed by atoms with E-state index in [9.17, 15) is 13.2 Å². The van der Waals surface area contributed by atoms with Crippen molar-refractivity contribution in [3.05, 3.63) is 69.7 Å². The van der Waals surface area contributed by atoms with Crippen molar-refractivity contribution >= 4 is 23.5 Å². The largest absolute Gasteiger partial charge is 0.496 e. The van der Waals surface area contributed by atoms with E-state index in [2.05, 4.69) is 0 Å². The summed E-state index contributed by atoms with van der Waals surface area (Å²) in [6, 6.07) is 11.0. The minimum atomic E-state index is -4.37. The monoisotopic (exact) mass is 489 g/mol. The highest BCUT2D eigenvalue weighted by molar-refractivity contribution is 7.16. The van der Waals surface area contributed by atoms with Gasteiger partial charge in [0.15, 0.2) is 6.29 Å². The Kier molecular flexibility index (Phi) is 7.70. The van der Waals surface area contributed by atoms with Gasteiger partial charge in [-0.05, 0) is 67.7 Å². The summed E-state index contributed by atoms with van der Waals surface area (Å²) in [5.74, 6) is 0.820. The third-order valence-electron chi connectivity index (χ3n) is 5.58. The Morgan fingerprint density at radius 3 is 2.56 bits per heavy atom. The third kappa shape index (κ3) is 6.05. The fourth-order valence-corrected chi connectivity index (χ4v) is 4.69. The van der Waals surface area contributed by atoms with Crippen LogP contribution in [0.4, 0.5) is 13.2 Å². The molecule has 1 fully saturated rings. The number of halogens is 3. The molecule has 34 heavy (non-hydrogen) atoms. The van der Waals surface area contributed by atoms with Gasteiger partial charge < -0.3 is 14.2 Å². The predicted octanol–water partition coefficient (Wildman–Crippen LogP) is 7.36. The Morgan fingerprint density at radius 2 is 1.91 bits per heavy atom. The fraction of sp³-hybridized carbons (Fsp3) is 0.346. The van der Waals surface area contributed by atoms with Gasteiger partial charge in [0.2, 0.25) is 0 Å². The number of hydrogen-bond donors (Lipinski definition) is 0. The number of rotatable bonds is 7. The van der Waals surface area contributed by atoms with E-state index in [1.54, 1.807) is 7.11 Å². The van der Waals surface area contributed by atoms with Gasteiger partial charge in [-0.3, -0.25) is 0 Å². The number of alkyl halides is 3. The number of nitrogens with zero attached hydrogens (tertiary/aromatic N) is 1. The van der Waals surface area contributed by atoms with Gasteiger partial charge in [0.1, 0.15) is 10.8 Å². The molecule has 0 spiro atoms. The Labute approximate surface area is 201 Å². The maximum Gasteiger partial charge on any atom is 0.416 e. The number of aromatic nitrogens is 1. The lowest BCUT2D eigenvalue weighted by Crippen LogP contribution is -2.22. The number of methoxy groups -OCH3 is 1. The molecule has 4 nitrogen and oxygen atoms in total. The highest BCUT2D eigenvalue weighted by Gasteiger charge is 2.30. The minimum absolute atomic E-state index is 0.258. The van der Waals surface area contributed by atoms with Crippen LogP contribution in [-0.2, 0) is 22.3 Å². The molecule has 8 heteroatoms. The van der Waals surface area contributed by atoms with Gasteiger partial charge in [0, 0.05) is 12.2 Å². The first-order chi connectivity index (χ1) is 16.3. The molecule has 1 saturated heterocycles. The number of benzene rings is 2. The summed E-state index contributed by atoms with van der Waals surface area (Å²) in [6.45, 7) is 2.93. The molecule has 0 aliphatic carbocycles. The summed E-state index contributed by atoms with van der Waals surface area (Å²) < 4.78 is 55.8. The van der Waals surface area contributed by atoms with E-state index in [1.165, 1.54) is 23.5 Å². The van der Waals surface area contributed by atoms with Crippen LogP contribution in [0.15, 0.2) is 42.5 Å². The first kappa shape index (κ1) is 24.4. The van der Waals surface area contributed by atoms with E-state index < -0.39 is 11.7 Å². The Balaban J connectivity index is 1.60. The number of aryl methyl sites for hydroxylation is 1. The molecule has 1 atom stereocenters. The van der Waals surface area contributed by atoms with Gasteiger partial charge in [-0.1, -0.05) is 24.3 Å². The average Bonchev–Trinajstić information content (AvgIpc) is 3.25. The van der Waals surface area contributed by atoms with Crippen LogP contribution in [-0.4, -0.2) is 25.0 Å². The number of ether oxygens (including phenoxy) is 3. The van der Waals surface area contributed by atoms with Crippen molar-refractivity contribution in [2.75, 3.05) is 13.7 Å². The number of hydrogen-bond acceptors (Lipinski definition) is 5. The Bertz CT molecular complexity index is 1130. The van der Waals surface area contributed by atoms with Crippen LogP contribution >= 0.6 is 11.3 Å². The van der Waals surface area contributed by atoms with Crippen molar-refractivity contribution in [1.29, 1.82) is 0 Å². The van der Waals surface area contributed by atoms with Crippen LogP contribution in [0.5, 0.6) is 5.75 Å². The third-order valence-corrected chi connectivity index (χ3v) is 6.69. The zero-order chi connectivity index (χ0) is 24.1. The summed E-state index contributed by atoms with van der Waals surface area (Å²) in [7, 11) is 1.64. The molecule has 0 radical (unpaired) electrons. The van der Waals surface area contributed by atoms with Crippen molar-refractivity contribution in [3.8, 4) is 16.3 Å². The molecular formula is C26H26F3NO3S. The standard InChI is InChI=1S/C26H26F3NO3S/c1-17-15-18(6-12-22(17)31-2)7-13-23-21(16-33-24-5-3-4-14-32-24)30-25(34-23)19-8-10-20(11-9-19)26(27,28)29/h6-13,15,24H,3-5,14,16H2,1-2H3/b13-7+. The van der Waals surface area contributed by atoms with E-state index in [4.69, 9.17) is 19.2 Å². The first-order valence-corrected chi connectivity index (χ1v) is 11.9. The molecule has 4 rings (SSSR count). The lowest BCUT2D eigenvalue weighted by molar-refractivity contribution is -0.169. The molecule has 0 bridgehead atoms. The zero-order valence-corrected chi connectivity index (χ0v) is 19.8. The zero-order valence-electron chi connectivity index (χ0n) is 19.0. The van der Waals surface area contributed by atoms with Gasteiger partial charge in [-0.25, -0.2) is 4.98 Å². The molecule has 2 heterocycles. The van der Waals surface area contributed by atoms with Gasteiger partial charge in [-0.15, -0.1) is 11.3 Å². The molecule has 2 aromatic carbocycles. The van der Waals surface area contributed by atoms with Crippen molar-refractivity contribution in [2.45, 2.75) is 45.3 Å². The lowest BCUT2D eigenvalue weighted by atomic mass is 10.1. The highest BCUT2D eigenvalue weighted by atomic mass is 32.1. The minimum Gasteiger partial charge on any atom is -0.496 e. The Hall–Kier alpha value is -2.68. The van der Waals surface area contributed by atoms with Crippen LogP contribution in [0.1, 0.15) is 46.5 Å². The molecular weight excluding hydrogens is 463 g/mol. The topological polar surface area (TPSA) is 40.6 Å². The van der Waals surface area contributed by atoms with E-state index >= 15 is 0 Å². The summed E-state index contributed by atoms with van der Waals surface area (Å²) in [5.41, 5.74) is 2.71. The highest BCUT2D eigenvalue weighted by Crippen LogP contribution is 2.34. The first-order valence-electron chi connectivity index (χ1n) is 11.1. The van der Waals surface area contributed by atoms with Crippen molar-refractivity contribution in [3.63, 3.8) is 0 Å². The Morgan fingerprint density at radius 1 is 1.12 bits per heavy atom. The maximum atomic E-state index is 12.9. The molecule has 3 aromatic rings. The van der Waals surface area contributed by atoms with Crippen LogP contribution in [0, 0.1) is 6.92 Å². The van der Waals surface area contributed by atoms with E-state index in [0.717, 1.165) is 58.8 Å². The van der Waals surface area contributed by atoms with Crippen molar-refractivity contribution in [2.24, 2.45) is 0 Å². The summed E-state index contributed by atoms with van der Waals surface area (Å²) in [5, 5.41) is 0.641. The van der Waals surface area contributed by atoms with E-state index in [-0.39, 0.29) is 12.9 Å². The van der Waals surface area contributed by atoms with Gasteiger partial charge in [0.25, 0.3) is 0 Å². The smallest absolute Gasteiger partial charge is 0.416 e. The van der Waals surface area contributed by atoms with E-state index in [1.807, 2.05) is 37.3 Å². The van der Waals surface area contributed by atoms with Crippen LogP contribution < -0.4 is 4.74 Å². The quantitative estimate of drug-likeness (QED) is 0.348. The molecule has 1 aromatic heterocycles. The second-order valence-corrected chi connectivity index (χ2v) is 9.11. The average molecular weight is 490 g/mol. The van der Waals surface area contributed by atoms with Crippen LogP contribution in [0.3, 0.4) is 0 Å². The molecule has 1 unspecified atom stereocenters. The SMILES string of the molecule is COc1ccc(/C=C/c2sc(-c3ccc(C(F)(F)F)cc3)nc2COC2CCCCO2)cc1C. The van der Waals surface area contributed by atoms with Crippen LogP contribution in [0.25, 0.3) is 22.7 Å². The normalized spacial score (nSPS) is 16.8. The molecule has 1 aliphatic heterocycles. The summed E-state index contributed by atoms with van der Waals surface area (Å²) in [4.78, 5) is 5.59. The predicted molar refractivity (Wildman–Crippen MR) is 128 cm³/mol. The van der Waals surface area contributed by atoms with Gasteiger partial charge in [-0.2, -0.15) is 13.2 Å². The molecule has 0 saturated carbocycles. The molecule has 0 N–H and O–H groups in total. The van der Waals surface area contributed by atoms with Gasteiger partial charge >= 0.3 is 6.18 Å². The maximum absolute atomic E-state index is 12.9. The molecule has 180 valence electrons. The van der Waals surface area contributed by atoms with E-state index in [0.29, 0.717) is 17.2 Å². The molecule has 0 amide bonds. The van der Waals surface area contributed by atoms with Gasteiger partial charge in [0.05, 0.1) is 29.9 Å². The van der Waals surface area contributed by atoms with Crippen LogP contribution in [0.2, 0.25) is 0 Å². The second kappa shape index (κ2) is 10.7. The van der Waals surface area contributed by atoms with Crippen molar-refractivity contribution in [1.82, 2.24) is 4.98 Å².